The lowest BCUT2D eigenvalue weighted by atomic mass is 10.1. The topological polar surface area (TPSA) is 75.7 Å². The number of hydrogen-bond donors (Lipinski definition) is 1. The molecule has 0 atom stereocenters. The molecule has 122 valence electrons. The Kier molecular flexibility index (Phi) is 5.93. The summed E-state index contributed by atoms with van der Waals surface area (Å²) in [5.74, 6) is -0.0475. The van der Waals surface area contributed by atoms with E-state index >= 15 is 0 Å². The van der Waals surface area contributed by atoms with Gasteiger partial charge in [0.1, 0.15) is 6.61 Å². The second kappa shape index (κ2) is 7.71. The molecule has 7 heteroatoms. The Hall–Kier alpha value is -1.44. The van der Waals surface area contributed by atoms with Crippen LogP contribution < -0.4 is 4.72 Å². The molecule has 1 saturated heterocycles. The van der Waals surface area contributed by atoms with Gasteiger partial charge in [0, 0.05) is 19.1 Å². The molecule has 1 fully saturated rings. The number of nitrogens with zero attached hydrogens (tertiary/aromatic N) is 1. The molecule has 0 saturated carbocycles. The van der Waals surface area contributed by atoms with Gasteiger partial charge < -0.3 is 9.64 Å². The zero-order valence-corrected chi connectivity index (χ0v) is 13.5. The molecule has 0 aromatic heterocycles. The lowest BCUT2D eigenvalue weighted by Crippen LogP contribution is -2.47. The van der Waals surface area contributed by atoms with Crippen LogP contribution in [0, 0.1) is 0 Å². The number of carbonyl (C=O) groups excluding carboxylic acids is 1. The van der Waals surface area contributed by atoms with Crippen LogP contribution in [0.25, 0.3) is 0 Å². The fourth-order valence-electron chi connectivity index (χ4n) is 2.47. The molecule has 0 bridgehead atoms. The molecule has 1 amide bonds. The average Bonchev–Trinajstić information content (AvgIpc) is 2.47. The van der Waals surface area contributed by atoms with Crippen molar-refractivity contribution in [2.24, 2.45) is 0 Å². The van der Waals surface area contributed by atoms with Gasteiger partial charge in [-0.3, -0.25) is 4.79 Å². The molecule has 0 spiro atoms. The SMILES string of the molecule is CS(=O)(=O)NC1CCN(C(=O)COCc2ccccc2)CC1. The molecule has 22 heavy (non-hydrogen) atoms. The molecular weight excluding hydrogens is 304 g/mol. The molecule has 6 nitrogen and oxygen atoms in total. The van der Waals surface area contributed by atoms with Crippen molar-refractivity contribution in [1.29, 1.82) is 0 Å². The third kappa shape index (κ3) is 5.75. The van der Waals surface area contributed by atoms with Gasteiger partial charge in [0.15, 0.2) is 0 Å². The summed E-state index contributed by atoms with van der Waals surface area (Å²) in [5.41, 5.74) is 1.03. The van der Waals surface area contributed by atoms with E-state index in [1.165, 1.54) is 0 Å². The first-order valence-corrected chi connectivity index (χ1v) is 9.20. The molecule has 1 aromatic carbocycles. The van der Waals surface area contributed by atoms with Gasteiger partial charge in [-0.15, -0.1) is 0 Å². The van der Waals surface area contributed by atoms with E-state index < -0.39 is 10.0 Å². The van der Waals surface area contributed by atoms with Crippen LogP contribution in [-0.4, -0.2) is 51.2 Å². The zero-order chi connectivity index (χ0) is 16.0. The fourth-order valence-corrected chi connectivity index (χ4v) is 3.31. The van der Waals surface area contributed by atoms with Crippen LogP contribution in [0.1, 0.15) is 18.4 Å². The summed E-state index contributed by atoms with van der Waals surface area (Å²) in [6, 6.07) is 9.62. The summed E-state index contributed by atoms with van der Waals surface area (Å²) in [6.07, 6.45) is 2.43. The number of benzene rings is 1. The monoisotopic (exact) mass is 326 g/mol. The first kappa shape index (κ1) is 16.9. The molecule has 1 aliphatic heterocycles. The summed E-state index contributed by atoms with van der Waals surface area (Å²) in [5, 5.41) is 0. The number of likely N-dealkylation sites (tertiary alicyclic amines) is 1. The summed E-state index contributed by atoms with van der Waals surface area (Å²) < 4.78 is 30.4. The Morgan fingerprint density at radius 3 is 2.50 bits per heavy atom. The minimum Gasteiger partial charge on any atom is -0.367 e. The van der Waals surface area contributed by atoms with Crippen LogP contribution in [0.3, 0.4) is 0 Å². The van der Waals surface area contributed by atoms with Gasteiger partial charge in [-0.25, -0.2) is 13.1 Å². The Balaban J connectivity index is 1.69. The Morgan fingerprint density at radius 1 is 1.27 bits per heavy atom. The van der Waals surface area contributed by atoms with Crippen molar-refractivity contribution < 1.29 is 17.9 Å². The highest BCUT2D eigenvalue weighted by Gasteiger charge is 2.24. The number of rotatable bonds is 6. The summed E-state index contributed by atoms with van der Waals surface area (Å²) >= 11 is 0. The van der Waals surface area contributed by atoms with Gasteiger partial charge in [0.2, 0.25) is 15.9 Å². The Bertz CT molecular complexity index is 581. The van der Waals surface area contributed by atoms with Gasteiger partial charge in [0.25, 0.3) is 0 Å². The fraction of sp³-hybridized carbons (Fsp3) is 0.533. The molecule has 1 heterocycles. The average molecular weight is 326 g/mol. The normalized spacial score (nSPS) is 16.7. The second-order valence-corrected chi connectivity index (χ2v) is 7.30. The van der Waals surface area contributed by atoms with Gasteiger partial charge in [-0.2, -0.15) is 0 Å². The van der Waals surface area contributed by atoms with Crippen LogP contribution >= 0.6 is 0 Å². The Labute approximate surface area is 131 Å². The van der Waals surface area contributed by atoms with Crippen molar-refractivity contribution in [3.8, 4) is 0 Å². The molecule has 1 N–H and O–H groups in total. The van der Waals surface area contributed by atoms with Crippen molar-refractivity contribution in [2.45, 2.75) is 25.5 Å². The zero-order valence-electron chi connectivity index (χ0n) is 12.7. The van der Waals surface area contributed by atoms with Gasteiger partial charge in [-0.05, 0) is 18.4 Å². The smallest absolute Gasteiger partial charge is 0.248 e. The minimum absolute atomic E-state index is 0.0475. The minimum atomic E-state index is -3.18. The van der Waals surface area contributed by atoms with Crippen LogP contribution in [-0.2, 0) is 26.2 Å². The second-order valence-electron chi connectivity index (χ2n) is 5.52. The van der Waals surface area contributed by atoms with E-state index in [4.69, 9.17) is 4.74 Å². The highest BCUT2D eigenvalue weighted by Crippen LogP contribution is 2.11. The maximum atomic E-state index is 12.0. The lowest BCUT2D eigenvalue weighted by molar-refractivity contribution is -0.137. The predicted molar refractivity (Wildman–Crippen MR) is 83.7 cm³/mol. The number of sulfonamides is 1. The molecule has 1 aromatic rings. The quantitative estimate of drug-likeness (QED) is 0.837. The summed E-state index contributed by atoms with van der Waals surface area (Å²) in [4.78, 5) is 13.8. The standard InChI is InChI=1S/C15H22N2O4S/c1-22(19,20)16-14-7-9-17(10-8-14)15(18)12-21-11-13-5-3-2-4-6-13/h2-6,14,16H,7-12H2,1H3. The van der Waals surface area contributed by atoms with Crippen molar-refractivity contribution in [3.05, 3.63) is 35.9 Å². The summed E-state index contributed by atoms with van der Waals surface area (Å²) in [7, 11) is -3.18. The largest absolute Gasteiger partial charge is 0.367 e. The van der Waals surface area contributed by atoms with E-state index in [0.717, 1.165) is 11.8 Å². The van der Waals surface area contributed by atoms with Crippen molar-refractivity contribution in [1.82, 2.24) is 9.62 Å². The van der Waals surface area contributed by atoms with E-state index in [9.17, 15) is 13.2 Å². The summed E-state index contributed by atoms with van der Waals surface area (Å²) in [6.45, 7) is 1.58. The van der Waals surface area contributed by atoms with Crippen LogP contribution in [0.2, 0.25) is 0 Å². The molecular formula is C15H22N2O4S. The number of piperidine rings is 1. The third-order valence-electron chi connectivity index (χ3n) is 3.57. The van der Waals surface area contributed by atoms with Crippen LogP contribution in [0.5, 0.6) is 0 Å². The predicted octanol–water partition coefficient (Wildman–Crippen LogP) is 0.743. The van der Waals surface area contributed by atoms with Crippen LogP contribution in [0.4, 0.5) is 0 Å². The number of nitrogens with one attached hydrogen (secondary N) is 1. The number of carbonyl (C=O) groups is 1. The maximum absolute atomic E-state index is 12.0. The van der Waals surface area contributed by atoms with E-state index in [0.29, 0.717) is 32.5 Å². The van der Waals surface area contributed by atoms with E-state index in [1.807, 2.05) is 30.3 Å². The highest BCUT2D eigenvalue weighted by molar-refractivity contribution is 7.88. The number of ether oxygens (including phenoxy) is 1. The number of hydrogen-bond acceptors (Lipinski definition) is 4. The number of amides is 1. The molecule has 0 aliphatic carbocycles. The van der Waals surface area contributed by atoms with E-state index in [2.05, 4.69) is 4.72 Å². The van der Waals surface area contributed by atoms with Crippen molar-refractivity contribution in [2.75, 3.05) is 26.0 Å². The molecule has 1 aliphatic rings. The first-order chi connectivity index (χ1) is 10.4. The highest BCUT2D eigenvalue weighted by atomic mass is 32.2. The van der Waals surface area contributed by atoms with Crippen molar-refractivity contribution >= 4 is 15.9 Å². The lowest BCUT2D eigenvalue weighted by Gasteiger charge is -2.31. The molecule has 0 unspecified atom stereocenters. The van der Waals surface area contributed by atoms with Crippen molar-refractivity contribution in [3.63, 3.8) is 0 Å². The Morgan fingerprint density at radius 2 is 1.91 bits per heavy atom. The van der Waals surface area contributed by atoms with Gasteiger partial charge >= 0.3 is 0 Å². The first-order valence-electron chi connectivity index (χ1n) is 7.31. The molecule has 2 rings (SSSR count). The van der Waals surface area contributed by atoms with E-state index in [1.54, 1.807) is 4.90 Å². The third-order valence-corrected chi connectivity index (χ3v) is 4.33. The molecule has 0 radical (unpaired) electrons. The van der Waals surface area contributed by atoms with Gasteiger partial charge in [0.05, 0.1) is 12.9 Å². The van der Waals surface area contributed by atoms with Gasteiger partial charge in [-0.1, -0.05) is 30.3 Å². The maximum Gasteiger partial charge on any atom is 0.248 e. The van der Waals surface area contributed by atoms with Crippen LogP contribution in [0.15, 0.2) is 30.3 Å². The van der Waals surface area contributed by atoms with E-state index in [-0.39, 0.29) is 18.6 Å².